The molecule has 2 aromatic rings. The lowest BCUT2D eigenvalue weighted by Gasteiger charge is -2.24. The van der Waals surface area contributed by atoms with E-state index in [2.05, 4.69) is 10.4 Å². The highest BCUT2D eigenvalue weighted by Gasteiger charge is 2.31. The van der Waals surface area contributed by atoms with Gasteiger partial charge in [-0.25, -0.2) is 9.48 Å². The Labute approximate surface area is 208 Å². The van der Waals surface area contributed by atoms with Crippen molar-refractivity contribution in [2.24, 2.45) is 0 Å². The molecule has 1 unspecified atom stereocenters. The largest absolute Gasteiger partial charge is 0.486 e. The summed E-state index contributed by atoms with van der Waals surface area (Å²) in [7, 11) is 0. The first-order valence-electron chi connectivity index (χ1n) is 11.7. The highest BCUT2D eigenvalue weighted by Crippen LogP contribution is 2.26. The van der Waals surface area contributed by atoms with Crippen LogP contribution in [0.5, 0.6) is 5.75 Å². The number of ether oxygens (including phenoxy) is 2. The summed E-state index contributed by atoms with van der Waals surface area (Å²) in [5.74, 6) is -0.235. The Morgan fingerprint density at radius 2 is 2.03 bits per heavy atom. The van der Waals surface area contributed by atoms with Crippen molar-refractivity contribution in [1.29, 1.82) is 10.8 Å². The number of nitrogens with zero attached hydrogens (tertiary/aromatic N) is 4. The summed E-state index contributed by atoms with van der Waals surface area (Å²) in [6.07, 6.45) is 2.27. The minimum absolute atomic E-state index is 0.0885. The number of carbonyl (C=O) groups is 2. The molecule has 0 saturated carbocycles. The van der Waals surface area contributed by atoms with Gasteiger partial charge in [0.2, 0.25) is 5.91 Å². The first-order valence-corrected chi connectivity index (χ1v) is 11.7. The highest BCUT2D eigenvalue weighted by molar-refractivity contribution is 5.90. The van der Waals surface area contributed by atoms with Crippen molar-refractivity contribution in [1.82, 2.24) is 19.2 Å². The minimum Gasteiger partial charge on any atom is -0.486 e. The second kappa shape index (κ2) is 10.8. The number of pyridine rings is 1. The quantitative estimate of drug-likeness (QED) is 0.391. The Hall–Kier alpha value is -3.96. The van der Waals surface area contributed by atoms with E-state index in [1.54, 1.807) is 4.90 Å². The number of anilines is 1. The number of aromatic nitrogens is 3. The van der Waals surface area contributed by atoms with Gasteiger partial charge >= 0.3 is 6.09 Å². The smallest absolute Gasteiger partial charge is 0.410 e. The Morgan fingerprint density at radius 1 is 1.31 bits per heavy atom. The van der Waals surface area contributed by atoms with Crippen LogP contribution in [0.25, 0.3) is 0 Å². The number of nitrogens with one attached hydrogen (secondary N) is 3. The van der Waals surface area contributed by atoms with Crippen LogP contribution in [0.2, 0.25) is 0 Å². The average Bonchev–Trinajstić information content (AvgIpc) is 3.24. The maximum Gasteiger partial charge on any atom is 0.410 e. The molecule has 1 fully saturated rings. The highest BCUT2D eigenvalue weighted by atomic mass is 16.6. The van der Waals surface area contributed by atoms with Crippen LogP contribution in [-0.2, 0) is 16.1 Å². The zero-order valence-corrected chi connectivity index (χ0v) is 21.2. The Kier molecular flexibility index (Phi) is 7.96. The van der Waals surface area contributed by atoms with Gasteiger partial charge in [-0.15, -0.1) is 0 Å². The Balaban J connectivity index is 1.71. The fourth-order valence-electron chi connectivity index (χ4n) is 3.63. The second-order valence-corrected chi connectivity index (χ2v) is 9.89. The van der Waals surface area contributed by atoms with E-state index in [1.165, 1.54) is 29.0 Å². The van der Waals surface area contributed by atoms with Crippen LogP contribution in [0.15, 0.2) is 29.2 Å². The number of hydrogen-bond donors (Lipinski definition) is 3. The molecule has 2 aromatic heterocycles. The molecule has 12 nitrogen and oxygen atoms in total. The molecule has 0 aliphatic carbocycles. The molecule has 1 aliphatic heterocycles. The number of amides is 2. The molecular formula is C24H33N7O5. The summed E-state index contributed by atoms with van der Waals surface area (Å²) < 4.78 is 13.8. The van der Waals surface area contributed by atoms with Crippen molar-refractivity contribution < 1.29 is 19.1 Å². The fourth-order valence-corrected chi connectivity index (χ4v) is 3.63. The van der Waals surface area contributed by atoms with Crippen molar-refractivity contribution in [2.75, 3.05) is 18.4 Å². The molecule has 0 spiro atoms. The van der Waals surface area contributed by atoms with Gasteiger partial charge in [0.05, 0.1) is 18.6 Å². The average molecular weight is 500 g/mol. The first kappa shape index (κ1) is 26.6. The normalized spacial score (nSPS) is 15.6. The van der Waals surface area contributed by atoms with Gasteiger partial charge in [-0.1, -0.05) is 13.8 Å². The van der Waals surface area contributed by atoms with Gasteiger partial charge < -0.3 is 19.7 Å². The Morgan fingerprint density at radius 3 is 2.67 bits per heavy atom. The van der Waals surface area contributed by atoms with E-state index >= 15 is 0 Å². The summed E-state index contributed by atoms with van der Waals surface area (Å²) in [6, 6.07) is 4.31. The SMILES string of the molecule is CC(C)c1nn(CC(=O)Nc2ccc(=N)n(C=N)c2)c(=O)cc1OC1CCN(C(=O)OC(C)(C)C)C1. The van der Waals surface area contributed by atoms with Crippen LogP contribution in [-0.4, -0.2) is 62.4 Å². The molecule has 0 aromatic carbocycles. The van der Waals surface area contributed by atoms with Gasteiger partial charge in [0.15, 0.2) is 0 Å². The van der Waals surface area contributed by atoms with Gasteiger partial charge in [0.25, 0.3) is 5.56 Å². The molecule has 2 amide bonds. The summed E-state index contributed by atoms with van der Waals surface area (Å²) in [4.78, 5) is 39.2. The summed E-state index contributed by atoms with van der Waals surface area (Å²) in [6.45, 7) is 9.75. The standard InChI is InChI=1S/C24H33N7O5/c1-15(2)22-18(35-17-8-9-29(12-17)23(34)36-24(3,4)5)10-21(33)31(28-22)13-20(32)27-16-6-7-19(26)30(11-16)14-25/h6-7,10-11,14-15,17,25-26H,8-9,12-13H2,1-5H3,(H,27,32). The second-order valence-electron chi connectivity index (χ2n) is 9.89. The summed E-state index contributed by atoms with van der Waals surface area (Å²) in [5.41, 5.74) is -0.0868. The third-order valence-corrected chi connectivity index (χ3v) is 5.32. The maximum atomic E-state index is 12.7. The number of hydrogen-bond acceptors (Lipinski definition) is 8. The lowest BCUT2D eigenvalue weighted by Crippen LogP contribution is -2.36. The molecule has 1 saturated heterocycles. The predicted molar refractivity (Wildman–Crippen MR) is 133 cm³/mol. The summed E-state index contributed by atoms with van der Waals surface area (Å²) in [5, 5.41) is 22.0. The lowest BCUT2D eigenvalue weighted by molar-refractivity contribution is -0.117. The number of likely N-dealkylation sites (tertiary alicyclic amines) is 1. The van der Waals surface area contributed by atoms with Gasteiger partial charge in [-0.05, 0) is 32.9 Å². The Bertz CT molecular complexity index is 1260. The van der Waals surface area contributed by atoms with Crippen LogP contribution < -0.4 is 21.1 Å². The van der Waals surface area contributed by atoms with Crippen LogP contribution in [0.3, 0.4) is 0 Å². The molecule has 0 bridgehead atoms. The van der Waals surface area contributed by atoms with E-state index in [1.807, 2.05) is 34.6 Å². The van der Waals surface area contributed by atoms with Gasteiger partial charge in [0, 0.05) is 31.1 Å². The minimum atomic E-state index is -0.589. The fraction of sp³-hybridized carbons (Fsp3) is 0.500. The van der Waals surface area contributed by atoms with Crippen molar-refractivity contribution in [2.45, 2.75) is 65.2 Å². The zero-order valence-electron chi connectivity index (χ0n) is 21.2. The molecule has 12 heteroatoms. The van der Waals surface area contributed by atoms with Gasteiger partial charge in [-0.3, -0.25) is 25.0 Å². The van der Waals surface area contributed by atoms with Gasteiger partial charge in [-0.2, -0.15) is 5.10 Å². The van der Waals surface area contributed by atoms with Crippen molar-refractivity contribution >= 4 is 24.0 Å². The lowest BCUT2D eigenvalue weighted by atomic mass is 10.1. The number of rotatable bonds is 7. The van der Waals surface area contributed by atoms with E-state index in [-0.39, 0.29) is 24.1 Å². The molecule has 36 heavy (non-hydrogen) atoms. The van der Waals surface area contributed by atoms with E-state index in [4.69, 9.17) is 20.3 Å². The molecule has 194 valence electrons. The van der Waals surface area contributed by atoms with Crippen molar-refractivity contribution in [3.05, 3.63) is 45.9 Å². The molecule has 0 radical (unpaired) electrons. The maximum absolute atomic E-state index is 12.7. The van der Waals surface area contributed by atoms with E-state index < -0.39 is 23.2 Å². The molecule has 3 heterocycles. The monoisotopic (exact) mass is 499 g/mol. The number of carbonyl (C=O) groups excluding carboxylic acids is 2. The molecule has 3 rings (SSSR count). The van der Waals surface area contributed by atoms with Crippen LogP contribution in [0.1, 0.15) is 52.7 Å². The van der Waals surface area contributed by atoms with Crippen LogP contribution in [0.4, 0.5) is 10.5 Å². The van der Waals surface area contributed by atoms with Crippen molar-refractivity contribution in [3.63, 3.8) is 0 Å². The first-order chi connectivity index (χ1) is 16.9. The zero-order chi connectivity index (χ0) is 26.6. The third-order valence-electron chi connectivity index (χ3n) is 5.32. The molecule has 3 N–H and O–H groups in total. The molecule has 1 aliphatic rings. The van der Waals surface area contributed by atoms with Crippen LogP contribution >= 0.6 is 0 Å². The van der Waals surface area contributed by atoms with E-state index in [0.29, 0.717) is 36.6 Å². The van der Waals surface area contributed by atoms with Gasteiger partial charge in [0.1, 0.15) is 35.2 Å². The van der Waals surface area contributed by atoms with E-state index in [0.717, 1.165) is 11.0 Å². The van der Waals surface area contributed by atoms with Crippen LogP contribution in [0, 0.1) is 10.8 Å². The topological polar surface area (TPSA) is 155 Å². The predicted octanol–water partition coefficient (Wildman–Crippen LogP) is 2.13. The molecular weight excluding hydrogens is 466 g/mol. The van der Waals surface area contributed by atoms with E-state index in [9.17, 15) is 14.4 Å². The summed E-state index contributed by atoms with van der Waals surface area (Å²) >= 11 is 0. The molecule has 1 atom stereocenters. The van der Waals surface area contributed by atoms with Crippen molar-refractivity contribution in [3.8, 4) is 5.75 Å². The third kappa shape index (κ3) is 6.80.